The van der Waals surface area contributed by atoms with Crippen molar-refractivity contribution in [3.63, 3.8) is 0 Å². The normalized spacial score (nSPS) is 12.6. The van der Waals surface area contributed by atoms with Gasteiger partial charge in [-0.2, -0.15) is 5.10 Å². The number of aliphatic hydroxyl groups is 1. The smallest absolute Gasteiger partial charge is 0.257 e. The lowest BCUT2D eigenvalue weighted by Crippen LogP contribution is -2.33. The van der Waals surface area contributed by atoms with Crippen LogP contribution in [0.3, 0.4) is 0 Å². The van der Waals surface area contributed by atoms with Crippen LogP contribution in [0.15, 0.2) is 6.20 Å². The van der Waals surface area contributed by atoms with Gasteiger partial charge in [-0.05, 0) is 13.8 Å². The third-order valence-electron chi connectivity index (χ3n) is 2.35. The first-order valence-corrected chi connectivity index (χ1v) is 4.85. The summed E-state index contributed by atoms with van der Waals surface area (Å²) in [5, 5.41) is 13.2. The van der Waals surface area contributed by atoms with Crippen molar-refractivity contribution in [3.05, 3.63) is 17.5 Å². The van der Waals surface area contributed by atoms with Crippen molar-refractivity contribution in [2.75, 3.05) is 13.6 Å². The first-order valence-electron chi connectivity index (χ1n) is 4.85. The number of carbonyl (C=O) groups excluding carboxylic acids is 1. The molecule has 84 valence electrons. The Morgan fingerprint density at radius 2 is 2.33 bits per heavy atom. The lowest BCUT2D eigenvalue weighted by Gasteiger charge is -2.18. The fourth-order valence-electron chi connectivity index (χ4n) is 1.39. The van der Waals surface area contributed by atoms with E-state index >= 15 is 0 Å². The van der Waals surface area contributed by atoms with E-state index in [1.54, 1.807) is 31.9 Å². The molecule has 0 saturated heterocycles. The predicted molar refractivity (Wildman–Crippen MR) is 56.6 cm³/mol. The number of hydrogen-bond donors (Lipinski definition) is 1. The minimum atomic E-state index is -0.518. The Labute approximate surface area is 89.3 Å². The lowest BCUT2D eigenvalue weighted by molar-refractivity contribution is 0.0703. The summed E-state index contributed by atoms with van der Waals surface area (Å²) in [5.74, 6) is -0.110. The SMILES string of the molecule is Cc1c(C(=O)N(C)CC(C)O)cnn1C. The highest BCUT2D eigenvalue weighted by molar-refractivity contribution is 5.94. The van der Waals surface area contributed by atoms with E-state index in [9.17, 15) is 9.90 Å². The third-order valence-corrected chi connectivity index (χ3v) is 2.35. The molecule has 0 bridgehead atoms. The molecule has 0 aliphatic heterocycles. The maximum absolute atomic E-state index is 11.9. The van der Waals surface area contributed by atoms with Crippen LogP contribution in [0, 0.1) is 6.92 Å². The summed E-state index contributed by atoms with van der Waals surface area (Å²) in [5.41, 5.74) is 1.41. The highest BCUT2D eigenvalue weighted by Crippen LogP contribution is 2.08. The molecule has 1 aromatic heterocycles. The lowest BCUT2D eigenvalue weighted by atomic mass is 10.2. The Hall–Kier alpha value is -1.36. The van der Waals surface area contributed by atoms with Crippen LogP contribution in [0.2, 0.25) is 0 Å². The van der Waals surface area contributed by atoms with Crippen molar-refractivity contribution >= 4 is 5.91 Å². The van der Waals surface area contributed by atoms with Crippen LogP contribution in [0.4, 0.5) is 0 Å². The molecule has 1 atom stereocenters. The number of aliphatic hydroxyl groups excluding tert-OH is 1. The number of amides is 1. The van der Waals surface area contributed by atoms with Gasteiger partial charge in [0.1, 0.15) is 0 Å². The van der Waals surface area contributed by atoms with Gasteiger partial charge in [-0.25, -0.2) is 0 Å². The average molecular weight is 211 g/mol. The fourth-order valence-corrected chi connectivity index (χ4v) is 1.39. The van der Waals surface area contributed by atoms with Crippen molar-refractivity contribution in [1.82, 2.24) is 14.7 Å². The number of aromatic nitrogens is 2. The molecule has 1 aromatic rings. The molecule has 5 heteroatoms. The molecule has 0 radical (unpaired) electrons. The summed E-state index contributed by atoms with van der Waals surface area (Å²) >= 11 is 0. The van der Waals surface area contributed by atoms with Crippen LogP contribution in [-0.2, 0) is 7.05 Å². The monoisotopic (exact) mass is 211 g/mol. The second kappa shape index (κ2) is 4.44. The van der Waals surface area contributed by atoms with Gasteiger partial charge < -0.3 is 10.0 Å². The molecule has 0 aliphatic carbocycles. The van der Waals surface area contributed by atoms with E-state index in [0.29, 0.717) is 12.1 Å². The van der Waals surface area contributed by atoms with Crippen molar-refractivity contribution in [3.8, 4) is 0 Å². The summed E-state index contributed by atoms with van der Waals surface area (Å²) in [6.07, 6.45) is 1.03. The highest BCUT2D eigenvalue weighted by atomic mass is 16.3. The summed E-state index contributed by atoms with van der Waals surface area (Å²) < 4.78 is 1.66. The number of aryl methyl sites for hydroxylation is 1. The molecule has 0 spiro atoms. The van der Waals surface area contributed by atoms with Crippen molar-refractivity contribution < 1.29 is 9.90 Å². The average Bonchev–Trinajstić information content (AvgIpc) is 2.45. The third kappa shape index (κ3) is 2.56. The van der Waals surface area contributed by atoms with Crippen molar-refractivity contribution in [2.45, 2.75) is 20.0 Å². The van der Waals surface area contributed by atoms with Gasteiger partial charge in [-0.3, -0.25) is 9.48 Å². The van der Waals surface area contributed by atoms with Gasteiger partial charge in [0.05, 0.1) is 17.9 Å². The number of carbonyl (C=O) groups is 1. The van der Waals surface area contributed by atoms with Gasteiger partial charge in [0, 0.05) is 26.3 Å². The fraction of sp³-hybridized carbons (Fsp3) is 0.600. The van der Waals surface area contributed by atoms with Gasteiger partial charge >= 0.3 is 0 Å². The van der Waals surface area contributed by atoms with Crippen molar-refractivity contribution in [1.29, 1.82) is 0 Å². The van der Waals surface area contributed by atoms with Gasteiger partial charge in [-0.1, -0.05) is 0 Å². The first kappa shape index (κ1) is 11.7. The van der Waals surface area contributed by atoms with Crippen LogP contribution < -0.4 is 0 Å². The van der Waals surface area contributed by atoms with Crippen molar-refractivity contribution in [2.24, 2.45) is 7.05 Å². The van der Waals surface area contributed by atoms with E-state index < -0.39 is 6.10 Å². The molecule has 5 nitrogen and oxygen atoms in total. The van der Waals surface area contributed by atoms with Crippen LogP contribution in [0.1, 0.15) is 23.0 Å². The number of nitrogens with zero attached hydrogens (tertiary/aromatic N) is 3. The highest BCUT2D eigenvalue weighted by Gasteiger charge is 2.17. The second-order valence-corrected chi connectivity index (χ2v) is 3.80. The molecule has 0 saturated carbocycles. The molecule has 1 rings (SSSR count). The Morgan fingerprint density at radius 3 is 2.73 bits per heavy atom. The van der Waals surface area contributed by atoms with E-state index in [0.717, 1.165) is 5.69 Å². The molecule has 1 amide bonds. The zero-order chi connectivity index (χ0) is 11.6. The van der Waals surface area contributed by atoms with Crippen LogP contribution >= 0.6 is 0 Å². The van der Waals surface area contributed by atoms with Crippen LogP contribution in [0.25, 0.3) is 0 Å². The Kier molecular flexibility index (Phi) is 3.47. The summed E-state index contributed by atoms with van der Waals surface area (Å²) in [6, 6.07) is 0. The van der Waals surface area contributed by atoms with Gasteiger partial charge in [0.15, 0.2) is 0 Å². The maximum Gasteiger partial charge on any atom is 0.257 e. The topological polar surface area (TPSA) is 58.4 Å². The summed E-state index contributed by atoms with van der Waals surface area (Å²) in [4.78, 5) is 13.4. The molecule has 1 heterocycles. The minimum Gasteiger partial charge on any atom is -0.392 e. The standard InChI is InChI=1S/C10H17N3O2/c1-7(14)6-12(3)10(15)9-5-11-13(4)8(9)2/h5,7,14H,6H2,1-4H3. The van der Waals surface area contributed by atoms with E-state index in [1.165, 1.54) is 4.90 Å². The molecule has 15 heavy (non-hydrogen) atoms. The summed E-state index contributed by atoms with van der Waals surface area (Å²) in [6.45, 7) is 3.82. The predicted octanol–water partition coefficient (Wildman–Crippen LogP) is 0.181. The van der Waals surface area contributed by atoms with E-state index in [1.807, 2.05) is 6.92 Å². The Balaban J connectivity index is 2.81. The van der Waals surface area contributed by atoms with Crippen LogP contribution in [-0.4, -0.2) is 45.4 Å². The van der Waals surface area contributed by atoms with E-state index in [4.69, 9.17) is 0 Å². The molecule has 0 aliphatic rings. The molecule has 0 aromatic carbocycles. The van der Waals surface area contributed by atoms with Gasteiger partial charge in [0.2, 0.25) is 0 Å². The summed E-state index contributed by atoms with van der Waals surface area (Å²) in [7, 11) is 3.46. The Morgan fingerprint density at radius 1 is 1.73 bits per heavy atom. The minimum absolute atomic E-state index is 0.110. The number of likely N-dealkylation sites (N-methyl/N-ethyl adjacent to an activating group) is 1. The van der Waals surface area contributed by atoms with Gasteiger partial charge in [-0.15, -0.1) is 0 Å². The van der Waals surface area contributed by atoms with E-state index in [2.05, 4.69) is 5.10 Å². The maximum atomic E-state index is 11.9. The largest absolute Gasteiger partial charge is 0.392 e. The molecule has 1 N–H and O–H groups in total. The first-order chi connectivity index (χ1) is 6.93. The van der Waals surface area contributed by atoms with E-state index in [-0.39, 0.29) is 5.91 Å². The molecular formula is C10H17N3O2. The molecular weight excluding hydrogens is 194 g/mol. The number of hydrogen-bond acceptors (Lipinski definition) is 3. The zero-order valence-electron chi connectivity index (χ0n) is 9.56. The zero-order valence-corrected chi connectivity index (χ0v) is 9.56. The molecule has 1 unspecified atom stereocenters. The quantitative estimate of drug-likeness (QED) is 0.776. The number of rotatable bonds is 3. The van der Waals surface area contributed by atoms with Crippen LogP contribution in [0.5, 0.6) is 0 Å². The second-order valence-electron chi connectivity index (χ2n) is 3.80. The Bertz CT molecular complexity index is 358. The molecule has 0 fully saturated rings. The van der Waals surface area contributed by atoms with Gasteiger partial charge in [0.25, 0.3) is 5.91 Å².